The minimum Gasteiger partial charge on any atom is -0.353 e. The van der Waals surface area contributed by atoms with E-state index in [2.05, 4.69) is 23.0 Å². The molecule has 2 heterocycles. The number of amides is 5. The lowest BCUT2D eigenvalue weighted by molar-refractivity contribution is -0.140. The van der Waals surface area contributed by atoms with Crippen LogP contribution in [0.25, 0.3) is 0 Å². The highest BCUT2D eigenvalue weighted by molar-refractivity contribution is 6.08. The molecule has 0 bridgehead atoms. The van der Waals surface area contributed by atoms with Gasteiger partial charge in [0.15, 0.2) is 0 Å². The highest BCUT2D eigenvalue weighted by Crippen LogP contribution is 2.31. The minimum absolute atomic E-state index is 0.00974. The second-order valence-corrected chi connectivity index (χ2v) is 9.00. The van der Waals surface area contributed by atoms with E-state index in [4.69, 9.17) is 0 Å². The highest BCUT2D eigenvalue weighted by atomic mass is 16.2. The van der Waals surface area contributed by atoms with Crippen LogP contribution in [0.5, 0.6) is 0 Å². The fraction of sp³-hybridized carbons (Fsp3) is 0.583. The first kappa shape index (κ1) is 24.7. The summed E-state index contributed by atoms with van der Waals surface area (Å²) < 4.78 is 0. The number of likely N-dealkylation sites (tertiary alicyclic amines) is 1. The summed E-state index contributed by atoms with van der Waals surface area (Å²) in [6.45, 7) is 7.07. The van der Waals surface area contributed by atoms with Crippen LogP contribution in [-0.2, 0) is 19.9 Å². The second kappa shape index (κ2) is 10.8. The molecule has 33 heavy (non-hydrogen) atoms. The Balaban J connectivity index is 1.58. The van der Waals surface area contributed by atoms with Crippen LogP contribution in [0.2, 0.25) is 0 Å². The number of nitrogens with one attached hydrogen (secondary N) is 3. The van der Waals surface area contributed by atoms with Crippen molar-refractivity contribution >= 4 is 23.8 Å². The topological polar surface area (TPSA) is 111 Å². The average molecular weight is 458 g/mol. The molecule has 0 spiro atoms. The van der Waals surface area contributed by atoms with Gasteiger partial charge in [-0.05, 0) is 44.7 Å². The molecule has 2 fully saturated rings. The third-order valence-electron chi connectivity index (χ3n) is 6.48. The van der Waals surface area contributed by atoms with Crippen molar-refractivity contribution in [1.82, 2.24) is 26.0 Å². The Morgan fingerprint density at radius 1 is 1.21 bits per heavy atom. The van der Waals surface area contributed by atoms with Crippen molar-refractivity contribution in [1.29, 1.82) is 0 Å². The Morgan fingerprint density at radius 2 is 1.94 bits per heavy atom. The molecule has 0 radical (unpaired) electrons. The average Bonchev–Trinajstić information content (AvgIpc) is 3.05. The molecule has 0 aliphatic carbocycles. The summed E-state index contributed by atoms with van der Waals surface area (Å²) >= 11 is 0. The predicted octanol–water partition coefficient (Wildman–Crippen LogP) is 1.89. The maximum atomic E-state index is 13.2. The van der Waals surface area contributed by atoms with Crippen LogP contribution in [0.4, 0.5) is 4.79 Å². The van der Waals surface area contributed by atoms with E-state index < -0.39 is 23.4 Å². The summed E-state index contributed by atoms with van der Waals surface area (Å²) in [7, 11) is 0. The van der Waals surface area contributed by atoms with Crippen molar-refractivity contribution in [2.75, 3.05) is 19.6 Å². The van der Waals surface area contributed by atoms with E-state index in [0.717, 1.165) is 30.7 Å². The minimum atomic E-state index is -1.20. The molecule has 5 amide bonds. The van der Waals surface area contributed by atoms with Gasteiger partial charge < -0.3 is 10.6 Å². The van der Waals surface area contributed by atoms with Crippen LogP contribution in [0.1, 0.15) is 58.4 Å². The number of rotatable bonds is 9. The van der Waals surface area contributed by atoms with E-state index in [0.29, 0.717) is 25.1 Å². The maximum absolute atomic E-state index is 13.2. The molecule has 1 aromatic rings. The van der Waals surface area contributed by atoms with Gasteiger partial charge in [0, 0.05) is 12.6 Å². The summed E-state index contributed by atoms with van der Waals surface area (Å²) in [6.07, 6.45) is 3.88. The molecule has 0 saturated carbocycles. The zero-order chi connectivity index (χ0) is 24.0. The highest BCUT2D eigenvalue weighted by Gasteiger charge is 2.52. The number of nitrogens with zero attached hydrogens (tertiary/aromatic N) is 2. The van der Waals surface area contributed by atoms with Gasteiger partial charge in [0.05, 0.1) is 12.5 Å². The number of imide groups is 1. The molecule has 9 heteroatoms. The molecule has 3 rings (SSSR count). The van der Waals surface area contributed by atoms with Crippen molar-refractivity contribution in [3.63, 3.8) is 0 Å². The number of hydrogen-bond acceptors (Lipinski definition) is 5. The number of benzene rings is 1. The molecule has 2 aliphatic heterocycles. The molecule has 9 nitrogen and oxygen atoms in total. The van der Waals surface area contributed by atoms with Crippen LogP contribution in [-0.4, -0.2) is 59.3 Å². The summed E-state index contributed by atoms with van der Waals surface area (Å²) in [5.41, 5.74) is 1.94. The number of piperidine rings is 1. The van der Waals surface area contributed by atoms with Gasteiger partial charge in [0.1, 0.15) is 5.54 Å². The first-order valence-electron chi connectivity index (χ1n) is 11.8. The van der Waals surface area contributed by atoms with Gasteiger partial charge in [-0.2, -0.15) is 5.01 Å². The standard InChI is InChI=1S/C24H35N5O4/c1-4-10-17(3)25-21(31)18-11-9-14-28(15-18)16-20(30)27-29-22(32)24(5-2,26-23(29)33)19-12-7-6-8-13-19/h6-8,12-13,17-18H,4-5,9-11,14-16H2,1-3H3,(H,25,31)(H,26,33)(H,27,30). The fourth-order valence-electron chi connectivity index (χ4n) is 4.68. The van der Waals surface area contributed by atoms with Crippen molar-refractivity contribution in [3.05, 3.63) is 35.9 Å². The maximum Gasteiger partial charge on any atom is 0.344 e. The van der Waals surface area contributed by atoms with Gasteiger partial charge >= 0.3 is 6.03 Å². The Hall–Kier alpha value is -2.94. The second-order valence-electron chi connectivity index (χ2n) is 9.00. The van der Waals surface area contributed by atoms with E-state index in [1.807, 2.05) is 24.8 Å². The fourth-order valence-corrected chi connectivity index (χ4v) is 4.68. The lowest BCUT2D eigenvalue weighted by atomic mass is 9.87. The molecule has 3 unspecified atom stereocenters. The zero-order valence-electron chi connectivity index (χ0n) is 19.7. The molecule has 2 aliphatic rings. The molecule has 3 N–H and O–H groups in total. The molecule has 180 valence electrons. The van der Waals surface area contributed by atoms with Gasteiger partial charge in [-0.25, -0.2) is 4.79 Å². The number of hydrogen-bond donors (Lipinski definition) is 3. The number of hydrazine groups is 1. The largest absolute Gasteiger partial charge is 0.353 e. The lowest BCUT2D eigenvalue weighted by Crippen LogP contribution is -2.53. The van der Waals surface area contributed by atoms with Gasteiger partial charge in [0.25, 0.3) is 11.8 Å². The summed E-state index contributed by atoms with van der Waals surface area (Å²) in [4.78, 5) is 52.9. The summed E-state index contributed by atoms with van der Waals surface area (Å²) in [6, 6.07) is 8.49. The monoisotopic (exact) mass is 457 g/mol. The predicted molar refractivity (Wildman–Crippen MR) is 124 cm³/mol. The van der Waals surface area contributed by atoms with Crippen molar-refractivity contribution in [2.45, 2.75) is 64.5 Å². The summed E-state index contributed by atoms with van der Waals surface area (Å²) in [5.74, 6) is -1.12. The smallest absolute Gasteiger partial charge is 0.344 e. The van der Waals surface area contributed by atoms with E-state index in [1.54, 1.807) is 24.3 Å². The Labute approximate surface area is 195 Å². The number of carbonyl (C=O) groups excluding carboxylic acids is 4. The Bertz CT molecular complexity index is 877. The normalized spacial score (nSPS) is 24.3. The SMILES string of the molecule is CCCC(C)NC(=O)C1CCCN(CC(=O)NN2C(=O)NC(CC)(c3ccccc3)C2=O)C1. The zero-order valence-corrected chi connectivity index (χ0v) is 19.7. The van der Waals surface area contributed by atoms with Crippen molar-refractivity contribution in [2.24, 2.45) is 5.92 Å². The van der Waals surface area contributed by atoms with Gasteiger partial charge in [-0.3, -0.25) is 24.7 Å². The van der Waals surface area contributed by atoms with Crippen LogP contribution >= 0.6 is 0 Å². The van der Waals surface area contributed by atoms with Crippen molar-refractivity contribution < 1.29 is 19.2 Å². The van der Waals surface area contributed by atoms with E-state index in [9.17, 15) is 19.2 Å². The first-order chi connectivity index (χ1) is 15.8. The van der Waals surface area contributed by atoms with Crippen LogP contribution in [0.15, 0.2) is 30.3 Å². The quantitative estimate of drug-likeness (QED) is 0.491. The molecular formula is C24H35N5O4. The van der Waals surface area contributed by atoms with E-state index >= 15 is 0 Å². The van der Waals surface area contributed by atoms with Crippen LogP contribution < -0.4 is 16.1 Å². The number of urea groups is 1. The third kappa shape index (κ3) is 5.52. The van der Waals surface area contributed by atoms with Gasteiger partial charge in [0.2, 0.25) is 5.91 Å². The van der Waals surface area contributed by atoms with Gasteiger partial charge in [-0.1, -0.05) is 50.6 Å². The molecular weight excluding hydrogens is 422 g/mol. The lowest BCUT2D eigenvalue weighted by Gasteiger charge is -2.32. The van der Waals surface area contributed by atoms with Gasteiger partial charge in [-0.15, -0.1) is 0 Å². The summed E-state index contributed by atoms with van der Waals surface area (Å²) in [5, 5.41) is 6.58. The van der Waals surface area contributed by atoms with E-state index in [-0.39, 0.29) is 24.4 Å². The van der Waals surface area contributed by atoms with Crippen LogP contribution in [0, 0.1) is 5.92 Å². The molecule has 3 atom stereocenters. The molecule has 2 saturated heterocycles. The molecule has 0 aromatic heterocycles. The Morgan fingerprint density at radius 3 is 2.61 bits per heavy atom. The Kier molecular flexibility index (Phi) is 8.07. The number of carbonyl (C=O) groups is 4. The van der Waals surface area contributed by atoms with E-state index in [1.165, 1.54) is 0 Å². The van der Waals surface area contributed by atoms with Crippen molar-refractivity contribution in [3.8, 4) is 0 Å². The third-order valence-corrected chi connectivity index (χ3v) is 6.48. The van der Waals surface area contributed by atoms with Crippen LogP contribution in [0.3, 0.4) is 0 Å². The first-order valence-corrected chi connectivity index (χ1v) is 11.8. The molecule has 1 aromatic carbocycles.